The van der Waals surface area contributed by atoms with Crippen LogP contribution in [0.3, 0.4) is 0 Å². The SMILES string of the molecule is [2H]C([2H])([2H])N1CCC[C@@H]1Cc1c(C2CC2)[nH]c2cccc(S(C)(=O)=O)c12. The summed E-state index contributed by atoms with van der Waals surface area (Å²) in [5.41, 5.74) is 2.95. The van der Waals surface area contributed by atoms with E-state index in [1.807, 2.05) is 6.07 Å². The molecule has 0 amide bonds. The highest BCUT2D eigenvalue weighted by Gasteiger charge is 2.32. The molecule has 1 aromatic heterocycles. The normalized spacial score (nSPS) is 25.4. The molecule has 2 fully saturated rings. The van der Waals surface area contributed by atoms with Gasteiger partial charge in [0.25, 0.3) is 0 Å². The van der Waals surface area contributed by atoms with Crippen LogP contribution in [0, 0.1) is 0 Å². The van der Waals surface area contributed by atoms with Crippen LogP contribution in [0.2, 0.25) is 0 Å². The number of hydrogen-bond acceptors (Lipinski definition) is 3. The summed E-state index contributed by atoms with van der Waals surface area (Å²) < 4.78 is 48.1. The Labute approximate surface area is 142 Å². The third-order valence-corrected chi connectivity index (χ3v) is 6.26. The topological polar surface area (TPSA) is 53.2 Å². The van der Waals surface area contributed by atoms with E-state index >= 15 is 0 Å². The fraction of sp³-hybridized carbons (Fsp3) is 0.556. The Hall–Kier alpha value is -1.33. The quantitative estimate of drug-likeness (QED) is 0.934. The Morgan fingerprint density at radius 3 is 2.87 bits per heavy atom. The second-order valence-electron chi connectivity index (χ2n) is 6.94. The van der Waals surface area contributed by atoms with Crippen LogP contribution in [0.4, 0.5) is 0 Å². The molecule has 1 saturated heterocycles. The minimum atomic E-state index is -3.36. The van der Waals surface area contributed by atoms with E-state index in [0.29, 0.717) is 23.8 Å². The van der Waals surface area contributed by atoms with Gasteiger partial charge in [-0.2, -0.15) is 0 Å². The van der Waals surface area contributed by atoms with E-state index in [4.69, 9.17) is 4.11 Å². The molecule has 1 aromatic carbocycles. The molecule has 1 aliphatic carbocycles. The third kappa shape index (κ3) is 2.70. The first kappa shape index (κ1) is 12.1. The maximum atomic E-state index is 12.3. The van der Waals surface area contributed by atoms with Crippen LogP contribution >= 0.6 is 0 Å². The summed E-state index contributed by atoms with van der Waals surface area (Å²) in [5.74, 6) is 0.437. The van der Waals surface area contributed by atoms with Crippen molar-refractivity contribution < 1.29 is 12.5 Å². The van der Waals surface area contributed by atoms with Crippen LogP contribution in [-0.4, -0.2) is 44.1 Å². The summed E-state index contributed by atoms with van der Waals surface area (Å²) in [6.45, 7) is -1.53. The summed E-state index contributed by atoms with van der Waals surface area (Å²) in [6.07, 6.45) is 5.71. The van der Waals surface area contributed by atoms with Crippen LogP contribution < -0.4 is 0 Å². The maximum absolute atomic E-state index is 12.3. The molecular weight excluding hydrogens is 308 g/mol. The summed E-state index contributed by atoms with van der Waals surface area (Å²) >= 11 is 0. The monoisotopic (exact) mass is 335 g/mol. The molecule has 1 aliphatic heterocycles. The number of rotatable bonds is 4. The number of aromatic nitrogens is 1. The summed E-state index contributed by atoms with van der Waals surface area (Å²) in [4.78, 5) is 5.38. The van der Waals surface area contributed by atoms with E-state index in [2.05, 4.69) is 4.98 Å². The smallest absolute Gasteiger partial charge is 0.176 e. The van der Waals surface area contributed by atoms with E-state index in [0.717, 1.165) is 47.8 Å². The Kier molecular flexibility index (Phi) is 2.81. The highest BCUT2D eigenvalue weighted by atomic mass is 32.2. The van der Waals surface area contributed by atoms with E-state index in [1.54, 1.807) is 17.0 Å². The maximum Gasteiger partial charge on any atom is 0.176 e. The number of likely N-dealkylation sites (tertiary alicyclic amines) is 1. The second-order valence-corrected chi connectivity index (χ2v) is 8.92. The predicted molar refractivity (Wildman–Crippen MR) is 92.7 cm³/mol. The molecule has 5 heteroatoms. The molecule has 2 aromatic rings. The molecule has 4 rings (SSSR count). The lowest BCUT2D eigenvalue weighted by molar-refractivity contribution is 0.309. The molecule has 1 saturated carbocycles. The number of sulfone groups is 1. The molecule has 4 nitrogen and oxygen atoms in total. The van der Waals surface area contributed by atoms with Gasteiger partial charge in [0.2, 0.25) is 0 Å². The lowest BCUT2D eigenvalue weighted by atomic mass is 9.99. The molecule has 2 heterocycles. The average molecular weight is 335 g/mol. The Morgan fingerprint density at radius 1 is 1.35 bits per heavy atom. The Morgan fingerprint density at radius 2 is 2.17 bits per heavy atom. The molecule has 124 valence electrons. The van der Waals surface area contributed by atoms with E-state index in [-0.39, 0.29) is 6.04 Å². The molecule has 0 radical (unpaired) electrons. The largest absolute Gasteiger partial charge is 0.358 e. The van der Waals surface area contributed by atoms with Gasteiger partial charge in [-0.25, -0.2) is 8.42 Å². The number of fused-ring (bicyclic) bond motifs is 1. The van der Waals surface area contributed by atoms with Gasteiger partial charge in [0, 0.05) is 33.0 Å². The summed E-state index contributed by atoms with van der Waals surface area (Å²) in [7, 11) is -3.36. The zero-order valence-corrected chi connectivity index (χ0v) is 14.1. The molecule has 23 heavy (non-hydrogen) atoms. The van der Waals surface area contributed by atoms with Crippen molar-refractivity contribution >= 4 is 20.7 Å². The van der Waals surface area contributed by atoms with Crippen molar-refractivity contribution in [3.8, 4) is 0 Å². The van der Waals surface area contributed by atoms with Crippen molar-refractivity contribution in [1.29, 1.82) is 0 Å². The number of H-pyrrole nitrogens is 1. The highest BCUT2D eigenvalue weighted by Crippen LogP contribution is 2.45. The van der Waals surface area contributed by atoms with Crippen molar-refractivity contribution in [2.45, 2.75) is 49.0 Å². The fourth-order valence-corrected chi connectivity index (χ4v) is 4.76. The average Bonchev–Trinajstić information content (AvgIpc) is 3.15. The van der Waals surface area contributed by atoms with E-state index in [1.165, 1.54) is 6.26 Å². The molecule has 0 bridgehead atoms. The molecule has 2 aliphatic rings. The number of likely N-dealkylation sites (N-methyl/N-ethyl adjacent to an activating group) is 1. The Balaban J connectivity index is 1.84. The van der Waals surface area contributed by atoms with Gasteiger partial charge >= 0.3 is 0 Å². The van der Waals surface area contributed by atoms with Gasteiger partial charge in [0.1, 0.15) is 0 Å². The van der Waals surface area contributed by atoms with Crippen molar-refractivity contribution in [2.24, 2.45) is 0 Å². The van der Waals surface area contributed by atoms with E-state index < -0.39 is 16.8 Å². The van der Waals surface area contributed by atoms with Gasteiger partial charge in [0.15, 0.2) is 9.84 Å². The molecular formula is C18H24N2O2S. The predicted octanol–water partition coefficient (Wildman–Crippen LogP) is 3.09. The van der Waals surface area contributed by atoms with Crippen LogP contribution in [0.25, 0.3) is 10.9 Å². The minimum Gasteiger partial charge on any atom is -0.358 e. The van der Waals surface area contributed by atoms with Gasteiger partial charge in [-0.05, 0) is 69.2 Å². The highest BCUT2D eigenvalue weighted by molar-refractivity contribution is 7.91. The minimum absolute atomic E-state index is 0.0772. The van der Waals surface area contributed by atoms with Gasteiger partial charge < -0.3 is 9.88 Å². The van der Waals surface area contributed by atoms with Crippen LogP contribution in [0.5, 0.6) is 0 Å². The van der Waals surface area contributed by atoms with Crippen LogP contribution in [-0.2, 0) is 16.3 Å². The fourth-order valence-electron chi connectivity index (χ4n) is 3.83. The first-order valence-corrected chi connectivity index (χ1v) is 10.2. The first-order chi connectivity index (χ1) is 12.2. The summed E-state index contributed by atoms with van der Waals surface area (Å²) in [5, 5.41) is 0.759. The van der Waals surface area contributed by atoms with Crippen molar-refractivity contribution in [3.05, 3.63) is 29.5 Å². The zero-order chi connectivity index (χ0) is 18.7. The number of aromatic amines is 1. The van der Waals surface area contributed by atoms with Gasteiger partial charge in [-0.1, -0.05) is 6.07 Å². The molecule has 1 N–H and O–H groups in total. The lowest BCUT2D eigenvalue weighted by Crippen LogP contribution is -2.27. The molecule has 1 atom stereocenters. The van der Waals surface area contributed by atoms with Crippen molar-refractivity contribution in [2.75, 3.05) is 19.8 Å². The van der Waals surface area contributed by atoms with Gasteiger partial charge in [-0.3, -0.25) is 0 Å². The molecule has 0 spiro atoms. The number of benzene rings is 1. The lowest BCUT2D eigenvalue weighted by Gasteiger charge is -2.20. The van der Waals surface area contributed by atoms with E-state index in [9.17, 15) is 8.42 Å². The van der Waals surface area contributed by atoms with Gasteiger partial charge in [0.05, 0.1) is 4.90 Å². The Bertz CT molecular complexity index is 945. The van der Waals surface area contributed by atoms with Crippen molar-refractivity contribution in [3.63, 3.8) is 0 Å². The number of hydrogen-bond donors (Lipinski definition) is 1. The zero-order valence-electron chi connectivity index (χ0n) is 16.3. The standard InChI is InChI=1S/C18H24N2O2S/c1-20-10-4-5-13(20)11-14-17-15(19-18(14)12-8-9-12)6-3-7-16(17)23(2,21)22/h3,6-7,12-13,19H,4-5,8-11H2,1-2H3/t13-/m1/s1/i1D3. The van der Waals surface area contributed by atoms with Crippen LogP contribution in [0.1, 0.15) is 47.0 Å². The number of nitrogens with zero attached hydrogens (tertiary/aromatic N) is 1. The van der Waals surface area contributed by atoms with Gasteiger partial charge in [-0.15, -0.1) is 0 Å². The third-order valence-electron chi connectivity index (χ3n) is 5.12. The summed E-state index contributed by atoms with van der Waals surface area (Å²) in [6, 6.07) is 5.25. The first-order valence-electron chi connectivity index (χ1n) is 9.76. The van der Waals surface area contributed by atoms with Crippen molar-refractivity contribution in [1.82, 2.24) is 9.88 Å². The van der Waals surface area contributed by atoms with Crippen LogP contribution in [0.15, 0.2) is 23.1 Å². The second kappa shape index (κ2) is 5.35. The molecule has 0 unspecified atom stereocenters. The number of nitrogens with one attached hydrogen (secondary N) is 1.